The molecule has 1 amide bonds. The van der Waals surface area contributed by atoms with E-state index in [0.29, 0.717) is 16.3 Å². The second-order valence-corrected chi connectivity index (χ2v) is 8.62. The van der Waals surface area contributed by atoms with Crippen molar-refractivity contribution in [3.63, 3.8) is 0 Å². The summed E-state index contributed by atoms with van der Waals surface area (Å²) >= 11 is 5.90. The maximum absolute atomic E-state index is 13.1. The lowest BCUT2D eigenvalue weighted by Crippen LogP contribution is -2.41. The van der Waals surface area contributed by atoms with E-state index in [1.807, 2.05) is 32.0 Å². The van der Waals surface area contributed by atoms with Crippen LogP contribution in [0.5, 0.6) is 0 Å². The summed E-state index contributed by atoms with van der Waals surface area (Å²) in [6.45, 7) is 3.89. The first-order valence-corrected chi connectivity index (χ1v) is 9.93. The second-order valence-electron chi connectivity index (χ2n) is 6.25. The van der Waals surface area contributed by atoms with Crippen LogP contribution in [-0.2, 0) is 9.84 Å². The molecule has 0 bridgehead atoms. The number of aryl methyl sites for hydroxylation is 2. The predicted octanol–water partition coefficient (Wildman–Crippen LogP) is 3.91. The third-order valence-corrected chi connectivity index (χ3v) is 5.67. The molecule has 1 unspecified atom stereocenters. The topological polar surface area (TPSA) is 54.5 Å². The fraction of sp³-hybridized carbons (Fsp3) is 0.211. The molecule has 1 atom stereocenters. The van der Waals surface area contributed by atoms with Crippen LogP contribution in [0.2, 0.25) is 5.02 Å². The summed E-state index contributed by atoms with van der Waals surface area (Å²) in [5.41, 5.74) is 3.16. The van der Waals surface area contributed by atoms with E-state index >= 15 is 0 Å². The number of sulfone groups is 1. The Hall–Kier alpha value is -2.11. The van der Waals surface area contributed by atoms with Gasteiger partial charge < -0.3 is 4.90 Å². The van der Waals surface area contributed by atoms with Crippen molar-refractivity contribution >= 4 is 33.0 Å². The summed E-state index contributed by atoms with van der Waals surface area (Å²) in [7, 11) is -3.29. The van der Waals surface area contributed by atoms with Crippen molar-refractivity contribution in [2.45, 2.75) is 19.9 Å². The number of rotatable bonds is 3. The number of carbonyl (C=O) groups excluding carboxylic acids is 1. The van der Waals surface area contributed by atoms with E-state index in [1.165, 1.54) is 5.41 Å². The quantitative estimate of drug-likeness (QED) is 0.817. The highest BCUT2D eigenvalue weighted by Gasteiger charge is 2.32. The molecule has 0 aromatic heterocycles. The first kappa shape index (κ1) is 17.7. The molecule has 25 heavy (non-hydrogen) atoms. The molecular weight excluding hydrogens is 358 g/mol. The monoisotopic (exact) mass is 375 g/mol. The predicted molar refractivity (Wildman–Crippen MR) is 101 cm³/mol. The Morgan fingerprint density at radius 3 is 2.20 bits per heavy atom. The van der Waals surface area contributed by atoms with Crippen LogP contribution in [0, 0.1) is 13.8 Å². The number of nitrogens with zero attached hydrogens (tertiary/aromatic N) is 1. The Morgan fingerprint density at radius 2 is 1.68 bits per heavy atom. The molecule has 4 nitrogen and oxygen atoms in total. The van der Waals surface area contributed by atoms with Crippen molar-refractivity contribution in [3.05, 3.63) is 75.7 Å². The standard InChI is InChI=1S/C19H18ClNO3S/c1-13-9-14(2)11-18(10-13)21(17-7-8-25(23,24)12-17)19(22)15-3-5-16(20)6-4-15/h3-11,17H,12H2,1-2H3. The van der Waals surface area contributed by atoms with Crippen LogP contribution in [0.1, 0.15) is 21.5 Å². The van der Waals surface area contributed by atoms with Crippen LogP contribution < -0.4 is 4.90 Å². The number of benzene rings is 2. The van der Waals surface area contributed by atoms with Gasteiger partial charge in [0.25, 0.3) is 5.91 Å². The first-order chi connectivity index (χ1) is 11.7. The van der Waals surface area contributed by atoms with Crippen molar-refractivity contribution in [3.8, 4) is 0 Å². The average molecular weight is 376 g/mol. The van der Waals surface area contributed by atoms with Gasteiger partial charge in [-0.25, -0.2) is 8.42 Å². The Balaban J connectivity index is 2.07. The lowest BCUT2D eigenvalue weighted by molar-refractivity contribution is 0.0983. The zero-order valence-electron chi connectivity index (χ0n) is 13.9. The Kier molecular flexibility index (Phi) is 4.71. The zero-order valence-corrected chi connectivity index (χ0v) is 15.5. The molecule has 6 heteroatoms. The van der Waals surface area contributed by atoms with Gasteiger partial charge in [0.15, 0.2) is 9.84 Å². The van der Waals surface area contributed by atoms with Gasteiger partial charge in [0, 0.05) is 21.7 Å². The molecule has 0 saturated carbocycles. The van der Waals surface area contributed by atoms with Crippen molar-refractivity contribution in [2.24, 2.45) is 0 Å². The molecule has 0 N–H and O–H groups in total. The van der Waals surface area contributed by atoms with Crippen LogP contribution in [0.4, 0.5) is 5.69 Å². The summed E-state index contributed by atoms with van der Waals surface area (Å²) in [5, 5.41) is 1.72. The van der Waals surface area contributed by atoms with E-state index < -0.39 is 15.9 Å². The number of amides is 1. The van der Waals surface area contributed by atoms with Crippen LogP contribution in [-0.4, -0.2) is 26.1 Å². The molecule has 130 valence electrons. The van der Waals surface area contributed by atoms with E-state index in [0.717, 1.165) is 11.1 Å². The van der Waals surface area contributed by atoms with Gasteiger partial charge in [-0.15, -0.1) is 0 Å². The van der Waals surface area contributed by atoms with Crippen molar-refractivity contribution in [2.75, 3.05) is 10.7 Å². The molecular formula is C19H18ClNO3S. The molecule has 0 spiro atoms. The molecule has 1 aliphatic rings. The molecule has 1 aliphatic heterocycles. The smallest absolute Gasteiger partial charge is 0.258 e. The van der Waals surface area contributed by atoms with Gasteiger partial charge in [-0.2, -0.15) is 0 Å². The summed E-state index contributed by atoms with van der Waals surface area (Å²) in [6.07, 6.45) is 1.57. The SMILES string of the molecule is Cc1cc(C)cc(N(C(=O)c2ccc(Cl)cc2)C2C=CS(=O)(=O)C2)c1. The molecule has 0 saturated heterocycles. The maximum atomic E-state index is 13.1. The molecule has 3 rings (SSSR count). The minimum atomic E-state index is -3.29. The van der Waals surface area contributed by atoms with E-state index in [2.05, 4.69) is 0 Å². The molecule has 0 fully saturated rings. The van der Waals surface area contributed by atoms with Crippen molar-refractivity contribution in [1.82, 2.24) is 0 Å². The van der Waals surface area contributed by atoms with Crippen LogP contribution in [0.25, 0.3) is 0 Å². The molecule has 2 aromatic carbocycles. The summed E-state index contributed by atoms with van der Waals surface area (Å²) in [4.78, 5) is 14.7. The third-order valence-electron chi connectivity index (χ3n) is 4.04. The van der Waals surface area contributed by atoms with E-state index in [9.17, 15) is 13.2 Å². The average Bonchev–Trinajstić information content (AvgIpc) is 2.87. The normalized spacial score (nSPS) is 18.3. The van der Waals surface area contributed by atoms with E-state index in [4.69, 9.17) is 11.6 Å². The number of carbonyl (C=O) groups is 1. The number of anilines is 1. The molecule has 2 aromatic rings. The summed E-state index contributed by atoms with van der Waals surface area (Å²) in [6, 6.07) is 11.8. The van der Waals surface area contributed by atoms with Crippen LogP contribution >= 0.6 is 11.6 Å². The van der Waals surface area contributed by atoms with Crippen molar-refractivity contribution < 1.29 is 13.2 Å². The Labute approximate surface area is 152 Å². The van der Waals surface area contributed by atoms with Gasteiger partial charge in [0.2, 0.25) is 0 Å². The van der Waals surface area contributed by atoms with Gasteiger partial charge >= 0.3 is 0 Å². The van der Waals surface area contributed by atoms with Crippen LogP contribution in [0.15, 0.2) is 53.9 Å². The van der Waals surface area contributed by atoms with Gasteiger partial charge in [-0.05, 0) is 67.4 Å². The van der Waals surface area contributed by atoms with Gasteiger partial charge in [0.05, 0.1) is 11.8 Å². The largest absolute Gasteiger partial charge is 0.300 e. The van der Waals surface area contributed by atoms with E-state index in [1.54, 1.807) is 35.2 Å². The highest BCUT2D eigenvalue weighted by atomic mass is 35.5. The zero-order chi connectivity index (χ0) is 18.2. The lowest BCUT2D eigenvalue weighted by Gasteiger charge is -2.28. The minimum Gasteiger partial charge on any atom is -0.300 e. The lowest BCUT2D eigenvalue weighted by atomic mass is 10.1. The first-order valence-electron chi connectivity index (χ1n) is 7.83. The Bertz CT molecular complexity index is 929. The summed E-state index contributed by atoms with van der Waals surface area (Å²) < 4.78 is 23.7. The van der Waals surface area contributed by atoms with Gasteiger partial charge in [-0.1, -0.05) is 17.7 Å². The number of halogens is 1. The van der Waals surface area contributed by atoms with Crippen molar-refractivity contribution in [1.29, 1.82) is 0 Å². The highest BCUT2D eigenvalue weighted by molar-refractivity contribution is 7.94. The number of hydrogen-bond acceptors (Lipinski definition) is 3. The van der Waals surface area contributed by atoms with Gasteiger partial charge in [0.1, 0.15) is 0 Å². The van der Waals surface area contributed by atoms with E-state index in [-0.39, 0.29) is 11.7 Å². The Morgan fingerprint density at radius 1 is 1.08 bits per heavy atom. The maximum Gasteiger partial charge on any atom is 0.258 e. The number of hydrogen-bond donors (Lipinski definition) is 0. The molecule has 0 radical (unpaired) electrons. The van der Waals surface area contributed by atoms with Crippen LogP contribution in [0.3, 0.4) is 0 Å². The summed E-state index contributed by atoms with van der Waals surface area (Å²) in [5.74, 6) is -0.368. The highest BCUT2D eigenvalue weighted by Crippen LogP contribution is 2.27. The fourth-order valence-electron chi connectivity index (χ4n) is 3.00. The second kappa shape index (κ2) is 6.65. The van der Waals surface area contributed by atoms with Gasteiger partial charge in [-0.3, -0.25) is 4.79 Å². The molecule has 1 heterocycles. The third kappa shape index (κ3) is 3.94. The minimum absolute atomic E-state index is 0.112. The molecule has 0 aliphatic carbocycles. The fourth-order valence-corrected chi connectivity index (χ4v) is 4.39.